The van der Waals surface area contributed by atoms with E-state index in [1.165, 1.54) is 0 Å². The summed E-state index contributed by atoms with van der Waals surface area (Å²) >= 11 is 0. The van der Waals surface area contributed by atoms with Crippen molar-refractivity contribution in [3.05, 3.63) is 17.5 Å². The van der Waals surface area contributed by atoms with Gasteiger partial charge in [0.25, 0.3) is 0 Å². The van der Waals surface area contributed by atoms with Gasteiger partial charge in [0.05, 0.1) is 6.54 Å². The molecule has 1 aromatic rings. The van der Waals surface area contributed by atoms with Crippen molar-refractivity contribution in [3.63, 3.8) is 0 Å². The number of rotatable bonds is 4. The van der Waals surface area contributed by atoms with Gasteiger partial charge in [0.1, 0.15) is 6.10 Å². The van der Waals surface area contributed by atoms with Crippen LogP contribution in [0.3, 0.4) is 0 Å². The molecule has 0 radical (unpaired) electrons. The largest absolute Gasteiger partial charge is 0.460 e. The van der Waals surface area contributed by atoms with Crippen molar-refractivity contribution in [3.8, 4) is 6.01 Å². The van der Waals surface area contributed by atoms with Gasteiger partial charge >= 0.3 is 6.01 Å². The summed E-state index contributed by atoms with van der Waals surface area (Å²) in [5.74, 6) is -0.281. The van der Waals surface area contributed by atoms with Crippen molar-refractivity contribution in [1.82, 2.24) is 14.9 Å². The van der Waals surface area contributed by atoms with E-state index >= 15 is 0 Å². The van der Waals surface area contributed by atoms with Crippen LogP contribution >= 0.6 is 0 Å². The molecular weight excluding hydrogens is 244 g/mol. The average molecular weight is 264 g/mol. The highest BCUT2D eigenvalue weighted by Crippen LogP contribution is 2.16. The summed E-state index contributed by atoms with van der Waals surface area (Å²) in [4.78, 5) is 21.4. The maximum absolute atomic E-state index is 10.8. The minimum Gasteiger partial charge on any atom is -0.460 e. The van der Waals surface area contributed by atoms with Gasteiger partial charge in [-0.2, -0.15) is 0 Å². The molecule has 1 fully saturated rings. The highest BCUT2D eigenvalue weighted by Gasteiger charge is 2.22. The lowest BCUT2D eigenvalue weighted by molar-refractivity contribution is -0.119. The van der Waals surface area contributed by atoms with Crippen LogP contribution in [0.1, 0.15) is 24.2 Å². The lowest BCUT2D eigenvalue weighted by Crippen LogP contribution is -2.42. The Balaban J connectivity index is 1.86. The number of nitrogens with two attached hydrogens (primary N) is 1. The molecule has 1 aliphatic rings. The van der Waals surface area contributed by atoms with Crippen LogP contribution in [-0.2, 0) is 4.79 Å². The second kappa shape index (κ2) is 5.97. The second-order valence-electron chi connectivity index (χ2n) is 4.99. The third-order valence-corrected chi connectivity index (χ3v) is 3.15. The Kier molecular flexibility index (Phi) is 4.31. The topological polar surface area (TPSA) is 81.3 Å². The molecule has 0 aliphatic carbocycles. The Morgan fingerprint density at radius 2 is 1.95 bits per heavy atom. The summed E-state index contributed by atoms with van der Waals surface area (Å²) in [6.07, 6.45) is 1.85. The number of nitrogens with zero attached hydrogens (tertiary/aromatic N) is 3. The predicted octanol–water partition coefficient (Wildman–Crippen LogP) is 0.422. The first-order valence-corrected chi connectivity index (χ1v) is 6.52. The molecule has 6 heteroatoms. The number of primary amides is 1. The van der Waals surface area contributed by atoms with Gasteiger partial charge in [-0.05, 0) is 32.8 Å². The van der Waals surface area contributed by atoms with Crippen LogP contribution in [0.15, 0.2) is 6.07 Å². The molecule has 0 spiro atoms. The lowest BCUT2D eigenvalue weighted by Gasteiger charge is -2.30. The third kappa shape index (κ3) is 4.17. The lowest BCUT2D eigenvalue weighted by atomic mass is 10.1. The van der Waals surface area contributed by atoms with Crippen molar-refractivity contribution in [1.29, 1.82) is 0 Å². The number of aryl methyl sites for hydroxylation is 2. The number of likely N-dealkylation sites (tertiary alicyclic amines) is 1. The van der Waals surface area contributed by atoms with Crippen molar-refractivity contribution >= 4 is 5.91 Å². The van der Waals surface area contributed by atoms with Crippen molar-refractivity contribution in [2.24, 2.45) is 5.73 Å². The van der Waals surface area contributed by atoms with E-state index < -0.39 is 0 Å². The van der Waals surface area contributed by atoms with E-state index in [1.807, 2.05) is 24.8 Å². The van der Waals surface area contributed by atoms with Crippen molar-refractivity contribution in [2.45, 2.75) is 32.8 Å². The van der Waals surface area contributed by atoms with Gasteiger partial charge in [-0.1, -0.05) is 0 Å². The van der Waals surface area contributed by atoms with Gasteiger partial charge in [0, 0.05) is 24.5 Å². The molecule has 1 amide bonds. The Bertz CT molecular complexity index is 436. The molecule has 1 aliphatic heterocycles. The molecule has 0 atom stereocenters. The number of hydrogen-bond donors (Lipinski definition) is 1. The molecule has 0 saturated carbocycles. The van der Waals surface area contributed by atoms with E-state index in [0.717, 1.165) is 37.3 Å². The summed E-state index contributed by atoms with van der Waals surface area (Å²) in [6, 6.07) is 2.37. The zero-order chi connectivity index (χ0) is 13.8. The summed E-state index contributed by atoms with van der Waals surface area (Å²) in [5.41, 5.74) is 7.00. The van der Waals surface area contributed by atoms with E-state index in [9.17, 15) is 4.79 Å². The number of piperidine rings is 1. The fourth-order valence-corrected chi connectivity index (χ4v) is 2.30. The number of amides is 1. The summed E-state index contributed by atoms with van der Waals surface area (Å²) in [6.45, 7) is 5.82. The molecule has 1 aromatic heterocycles. The molecule has 1 saturated heterocycles. The fourth-order valence-electron chi connectivity index (χ4n) is 2.30. The van der Waals surface area contributed by atoms with Crippen molar-refractivity contribution in [2.75, 3.05) is 19.6 Å². The maximum Gasteiger partial charge on any atom is 0.317 e. The van der Waals surface area contributed by atoms with Crippen LogP contribution in [0.4, 0.5) is 0 Å². The van der Waals surface area contributed by atoms with Gasteiger partial charge < -0.3 is 10.5 Å². The number of ether oxygens (including phenoxy) is 1. The van der Waals surface area contributed by atoms with Crippen LogP contribution in [0.25, 0.3) is 0 Å². The quantitative estimate of drug-likeness (QED) is 0.852. The fraction of sp³-hybridized carbons (Fsp3) is 0.615. The molecule has 2 N–H and O–H groups in total. The van der Waals surface area contributed by atoms with E-state index in [1.54, 1.807) is 0 Å². The van der Waals surface area contributed by atoms with E-state index in [0.29, 0.717) is 12.6 Å². The first kappa shape index (κ1) is 13.7. The summed E-state index contributed by atoms with van der Waals surface area (Å²) in [5, 5.41) is 0. The van der Waals surface area contributed by atoms with Crippen LogP contribution in [0, 0.1) is 13.8 Å². The van der Waals surface area contributed by atoms with Crippen LogP contribution in [0.5, 0.6) is 6.01 Å². The van der Waals surface area contributed by atoms with E-state index in [4.69, 9.17) is 10.5 Å². The summed E-state index contributed by atoms with van der Waals surface area (Å²) in [7, 11) is 0. The van der Waals surface area contributed by atoms with Crippen LogP contribution in [0.2, 0.25) is 0 Å². The Labute approximate surface area is 113 Å². The molecule has 0 aromatic carbocycles. The minimum atomic E-state index is -0.281. The first-order valence-electron chi connectivity index (χ1n) is 6.52. The van der Waals surface area contributed by atoms with Gasteiger partial charge in [-0.25, -0.2) is 9.97 Å². The zero-order valence-corrected chi connectivity index (χ0v) is 11.4. The van der Waals surface area contributed by atoms with Crippen LogP contribution < -0.4 is 10.5 Å². The third-order valence-electron chi connectivity index (χ3n) is 3.15. The monoisotopic (exact) mass is 264 g/mol. The van der Waals surface area contributed by atoms with Gasteiger partial charge in [-0.3, -0.25) is 9.69 Å². The highest BCUT2D eigenvalue weighted by atomic mass is 16.5. The standard InChI is InChI=1S/C13H20N4O2/c1-9-7-10(2)16-13(15-9)19-11-3-5-17(6-4-11)8-12(14)18/h7,11H,3-6,8H2,1-2H3,(H2,14,18). The molecule has 104 valence electrons. The van der Waals surface area contributed by atoms with E-state index in [2.05, 4.69) is 9.97 Å². The maximum atomic E-state index is 10.8. The first-order chi connectivity index (χ1) is 9.02. The molecule has 2 heterocycles. The molecule has 0 bridgehead atoms. The van der Waals surface area contributed by atoms with Crippen LogP contribution in [-0.4, -0.2) is 46.5 Å². The van der Waals surface area contributed by atoms with Gasteiger partial charge in [-0.15, -0.1) is 0 Å². The molecule has 6 nitrogen and oxygen atoms in total. The molecule has 0 unspecified atom stereocenters. The Morgan fingerprint density at radius 3 is 2.47 bits per heavy atom. The average Bonchev–Trinajstić information content (AvgIpc) is 2.29. The summed E-state index contributed by atoms with van der Waals surface area (Å²) < 4.78 is 5.81. The Hall–Kier alpha value is -1.69. The number of carbonyl (C=O) groups is 1. The zero-order valence-electron chi connectivity index (χ0n) is 11.4. The van der Waals surface area contributed by atoms with Gasteiger partial charge in [0.15, 0.2) is 0 Å². The van der Waals surface area contributed by atoms with E-state index in [-0.39, 0.29) is 12.0 Å². The minimum absolute atomic E-state index is 0.116. The number of aromatic nitrogens is 2. The number of hydrogen-bond acceptors (Lipinski definition) is 5. The normalized spacial score (nSPS) is 17.4. The highest BCUT2D eigenvalue weighted by molar-refractivity contribution is 5.75. The predicted molar refractivity (Wildman–Crippen MR) is 70.8 cm³/mol. The number of carbonyl (C=O) groups excluding carboxylic acids is 1. The van der Waals surface area contributed by atoms with Crippen molar-refractivity contribution < 1.29 is 9.53 Å². The van der Waals surface area contributed by atoms with Gasteiger partial charge in [0.2, 0.25) is 5.91 Å². The Morgan fingerprint density at radius 1 is 1.37 bits per heavy atom. The molecular formula is C13H20N4O2. The smallest absolute Gasteiger partial charge is 0.317 e. The second-order valence-corrected chi connectivity index (χ2v) is 4.99. The molecule has 19 heavy (non-hydrogen) atoms. The SMILES string of the molecule is Cc1cc(C)nc(OC2CCN(CC(N)=O)CC2)n1. The molecule has 2 rings (SSSR count).